The number of hydrogen-bond acceptors (Lipinski definition) is 2. The van der Waals surface area contributed by atoms with Gasteiger partial charge in [-0.2, -0.15) is 0 Å². The van der Waals surface area contributed by atoms with Gasteiger partial charge in [0.15, 0.2) is 0 Å². The number of hydrogen-bond donors (Lipinski definition) is 3. The number of carbonyl (C=O) groups excluding carboxylic acids is 1. The quantitative estimate of drug-likeness (QED) is 0.709. The Labute approximate surface area is 109 Å². The molecule has 0 unspecified atom stereocenters. The van der Waals surface area contributed by atoms with Crippen molar-refractivity contribution in [2.24, 2.45) is 0 Å². The number of aliphatic carboxylic acids is 1. The van der Waals surface area contributed by atoms with Crippen LogP contribution in [0.2, 0.25) is 0 Å². The van der Waals surface area contributed by atoms with Crippen LogP contribution in [0.25, 0.3) is 0 Å². The standard InChI is InChI=1S/C9H10Br2N2O3/c10-5-4-6(13-8(5)11)9(16)12-3-1-2-7(14)15/h4,13H,1-3H2,(H,12,16)(H,14,15). The summed E-state index contributed by atoms with van der Waals surface area (Å²) in [5.41, 5.74) is 0.425. The van der Waals surface area contributed by atoms with Crippen molar-refractivity contribution in [3.63, 3.8) is 0 Å². The molecule has 0 aliphatic rings. The van der Waals surface area contributed by atoms with Gasteiger partial charge in [-0.3, -0.25) is 9.59 Å². The van der Waals surface area contributed by atoms with Crippen LogP contribution in [-0.2, 0) is 4.79 Å². The van der Waals surface area contributed by atoms with E-state index in [2.05, 4.69) is 42.2 Å². The van der Waals surface area contributed by atoms with E-state index in [4.69, 9.17) is 5.11 Å². The second-order valence-electron chi connectivity index (χ2n) is 3.10. The molecule has 7 heteroatoms. The van der Waals surface area contributed by atoms with Crippen molar-refractivity contribution < 1.29 is 14.7 Å². The predicted molar refractivity (Wildman–Crippen MR) is 65.4 cm³/mol. The molecule has 1 aromatic heterocycles. The van der Waals surface area contributed by atoms with Crippen molar-refractivity contribution in [2.45, 2.75) is 12.8 Å². The second-order valence-corrected chi connectivity index (χ2v) is 4.75. The lowest BCUT2D eigenvalue weighted by Gasteiger charge is -2.01. The average Bonchev–Trinajstić information content (AvgIpc) is 2.54. The van der Waals surface area contributed by atoms with Crippen LogP contribution in [0, 0.1) is 0 Å². The van der Waals surface area contributed by atoms with E-state index in [0.29, 0.717) is 23.3 Å². The van der Waals surface area contributed by atoms with Crippen LogP contribution in [0.3, 0.4) is 0 Å². The monoisotopic (exact) mass is 352 g/mol. The lowest BCUT2D eigenvalue weighted by Crippen LogP contribution is -2.25. The van der Waals surface area contributed by atoms with Crippen LogP contribution in [0.5, 0.6) is 0 Å². The maximum absolute atomic E-state index is 11.5. The largest absolute Gasteiger partial charge is 0.481 e. The van der Waals surface area contributed by atoms with Gasteiger partial charge in [-0.05, 0) is 44.3 Å². The van der Waals surface area contributed by atoms with Crippen molar-refractivity contribution >= 4 is 43.7 Å². The van der Waals surface area contributed by atoms with E-state index in [9.17, 15) is 9.59 Å². The molecule has 0 bridgehead atoms. The summed E-state index contributed by atoms with van der Waals surface area (Å²) in [5.74, 6) is -1.11. The van der Waals surface area contributed by atoms with Gasteiger partial charge >= 0.3 is 5.97 Å². The van der Waals surface area contributed by atoms with E-state index in [1.807, 2.05) is 0 Å². The molecule has 5 nitrogen and oxygen atoms in total. The molecular formula is C9H10Br2N2O3. The minimum atomic E-state index is -0.861. The Morgan fingerprint density at radius 3 is 2.62 bits per heavy atom. The van der Waals surface area contributed by atoms with Crippen molar-refractivity contribution in [2.75, 3.05) is 6.54 Å². The molecule has 0 aliphatic carbocycles. The van der Waals surface area contributed by atoms with E-state index in [0.717, 1.165) is 4.47 Å². The summed E-state index contributed by atoms with van der Waals surface area (Å²) >= 11 is 6.47. The van der Waals surface area contributed by atoms with Crippen LogP contribution in [0.4, 0.5) is 0 Å². The van der Waals surface area contributed by atoms with E-state index >= 15 is 0 Å². The maximum Gasteiger partial charge on any atom is 0.303 e. The average molecular weight is 354 g/mol. The highest BCUT2D eigenvalue weighted by Crippen LogP contribution is 2.22. The summed E-state index contributed by atoms with van der Waals surface area (Å²) in [5, 5.41) is 11.0. The molecule has 1 amide bonds. The van der Waals surface area contributed by atoms with Gasteiger partial charge in [-0.15, -0.1) is 0 Å². The molecule has 0 spiro atoms. The second kappa shape index (κ2) is 6.05. The minimum absolute atomic E-state index is 0.0540. The van der Waals surface area contributed by atoms with Gasteiger partial charge in [0.1, 0.15) is 5.69 Å². The van der Waals surface area contributed by atoms with Crippen LogP contribution in [-0.4, -0.2) is 28.5 Å². The molecule has 1 heterocycles. The number of halogens is 2. The van der Waals surface area contributed by atoms with Gasteiger partial charge in [-0.1, -0.05) is 0 Å². The molecule has 16 heavy (non-hydrogen) atoms. The van der Waals surface area contributed by atoms with Gasteiger partial charge < -0.3 is 15.4 Å². The number of amides is 1. The first kappa shape index (κ1) is 13.2. The predicted octanol–water partition coefficient (Wildman–Crippen LogP) is 2.13. The fourth-order valence-corrected chi connectivity index (χ4v) is 1.72. The zero-order valence-electron chi connectivity index (χ0n) is 8.22. The molecular weight excluding hydrogens is 344 g/mol. The first-order valence-electron chi connectivity index (χ1n) is 4.54. The van der Waals surface area contributed by atoms with Crippen LogP contribution in [0.15, 0.2) is 15.1 Å². The number of carbonyl (C=O) groups is 2. The number of aromatic nitrogens is 1. The van der Waals surface area contributed by atoms with E-state index < -0.39 is 5.97 Å². The van der Waals surface area contributed by atoms with Gasteiger partial charge in [0, 0.05) is 13.0 Å². The van der Waals surface area contributed by atoms with Crippen molar-refractivity contribution in [3.05, 3.63) is 20.8 Å². The Morgan fingerprint density at radius 2 is 2.12 bits per heavy atom. The number of rotatable bonds is 5. The van der Waals surface area contributed by atoms with E-state index in [-0.39, 0.29) is 12.3 Å². The Morgan fingerprint density at radius 1 is 1.44 bits per heavy atom. The molecule has 0 radical (unpaired) electrons. The summed E-state index contributed by atoms with van der Waals surface area (Å²) < 4.78 is 1.46. The molecule has 0 atom stereocenters. The lowest BCUT2D eigenvalue weighted by molar-refractivity contribution is -0.137. The molecule has 3 N–H and O–H groups in total. The van der Waals surface area contributed by atoms with Gasteiger partial charge in [0.25, 0.3) is 5.91 Å². The summed E-state index contributed by atoms with van der Waals surface area (Å²) in [6.07, 6.45) is 0.475. The minimum Gasteiger partial charge on any atom is -0.481 e. The Kier molecular flexibility index (Phi) is 5.01. The number of carboxylic acid groups (broad SMARTS) is 1. The van der Waals surface area contributed by atoms with Crippen LogP contribution in [0.1, 0.15) is 23.3 Å². The SMILES string of the molecule is O=C(O)CCCNC(=O)c1cc(Br)c(Br)[nH]1. The zero-order valence-corrected chi connectivity index (χ0v) is 11.4. The Balaban J connectivity index is 2.38. The first-order chi connectivity index (χ1) is 7.50. The summed E-state index contributed by atoms with van der Waals surface area (Å²) in [6.45, 7) is 0.347. The molecule has 1 rings (SSSR count). The van der Waals surface area contributed by atoms with E-state index in [1.165, 1.54) is 0 Å². The third-order valence-corrected chi connectivity index (χ3v) is 3.61. The fraction of sp³-hybridized carbons (Fsp3) is 0.333. The van der Waals surface area contributed by atoms with E-state index in [1.54, 1.807) is 6.07 Å². The summed E-state index contributed by atoms with van der Waals surface area (Å²) in [7, 11) is 0. The fourth-order valence-electron chi connectivity index (χ4n) is 1.06. The number of aromatic amines is 1. The van der Waals surface area contributed by atoms with Gasteiger partial charge in [0.2, 0.25) is 0 Å². The third kappa shape index (κ3) is 3.97. The highest BCUT2D eigenvalue weighted by atomic mass is 79.9. The smallest absolute Gasteiger partial charge is 0.303 e. The van der Waals surface area contributed by atoms with Crippen molar-refractivity contribution in [3.8, 4) is 0 Å². The number of nitrogens with one attached hydrogen (secondary N) is 2. The molecule has 1 aromatic rings. The number of H-pyrrole nitrogens is 1. The number of carboxylic acids is 1. The zero-order chi connectivity index (χ0) is 12.1. The highest BCUT2D eigenvalue weighted by molar-refractivity contribution is 9.13. The molecule has 0 saturated carbocycles. The van der Waals surface area contributed by atoms with Crippen molar-refractivity contribution in [1.29, 1.82) is 0 Å². The summed E-state index contributed by atoms with van der Waals surface area (Å²) in [6, 6.07) is 1.65. The molecule has 88 valence electrons. The Bertz CT molecular complexity index is 384. The van der Waals surface area contributed by atoms with Crippen LogP contribution >= 0.6 is 31.9 Å². The lowest BCUT2D eigenvalue weighted by atomic mass is 10.3. The molecule has 0 fully saturated rings. The normalized spacial score (nSPS) is 10.1. The third-order valence-electron chi connectivity index (χ3n) is 1.82. The topological polar surface area (TPSA) is 82.2 Å². The van der Waals surface area contributed by atoms with Crippen molar-refractivity contribution in [1.82, 2.24) is 10.3 Å². The highest BCUT2D eigenvalue weighted by Gasteiger charge is 2.10. The van der Waals surface area contributed by atoms with Gasteiger partial charge in [-0.25, -0.2) is 0 Å². The maximum atomic E-state index is 11.5. The van der Waals surface area contributed by atoms with Gasteiger partial charge in [0.05, 0.1) is 9.08 Å². The summed E-state index contributed by atoms with van der Waals surface area (Å²) in [4.78, 5) is 24.6. The molecule has 0 saturated heterocycles. The van der Waals surface area contributed by atoms with Crippen LogP contribution < -0.4 is 5.32 Å². The first-order valence-corrected chi connectivity index (χ1v) is 6.13. The Hall–Kier alpha value is -0.820. The molecule has 0 aromatic carbocycles. The molecule has 0 aliphatic heterocycles.